The monoisotopic (exact) mass is 335 g/mol. The van der Waals surface area contributed by atoms with Crippen molar-refractivity contribution in [3.63, 3.8) is 0 Å². The van der Waals surface area contributed by atoms with E-state index in [1.165, 1.54) is 0 Å². The predicted octanol–water partition coefficient (Wildman–Crippen LogP) is 2.88. The molecule has 2 N–H and O–H groups in total. The molecule has 0 radical (unpaired) electrons. The average molecular weight is 335 g/mol. The number of hydrogen-bond donors (Lipinski definition) is 2. The summed E-state index contributed by atoms with van der Waals surface area (Å²) in [5, 5.41) is 17.3. The Balaban J connectivity index is 1.79. The maximum atomic E-state index is 12.3. The van der Waals surface area contributed by atoms with Gasteiger partial charge >= 0.3 is 0 Å². The molecular formula is C18H17N5O2. The number of aromatic nitrogens is 3. The second kappa shape index (κ2) is 5.98. The maximum Gasteiger partial charge on any atom is 0.261 e. The van der Waals surface area contributed by atoms with Crippen molar-refractivity contribution in [3.05, 3.63) is 46.4 Å². The molecule has 7 heteroatoms. The smallest absolute Gasteiger partial charge is 0.261 e. The third kappa shape index (κ3) is 2.62. The molecule has 126 valence electrons. The van der Waals surface area contributed by atoms with E-state index in [1.54, 1.807) is 16.9 Å². The Kier molecular flexibility index (Phi) is 3.65. The van der Waals surface area contributed by atoms with Crippen LogP contribution in [0.25, 0.3) is 10.9 Å². The fourth-order valence-electron chi connectivity index (χ4n) is 3.14. The Morgan fingerprint density at radius 2 is 2.36 bits per heavy atom. The number of anilines is 2. The molecule has 7 nitrogen and oxygen atoms in total. The van der Waals surface area contributed by atoms with Crippen molar-refractivity contribution >= 4 is 22.4 Å². The lowest BCUT2D eigenvalue weighted by molar-refractivity contribution is 0.357. The van der Waals surface area contributed by atoms with Gasteiger partial charge < -0.3 is 15.0 Å². The summed E-state index contributed by atoms with van der Waals surface area (Å²) in [6.45, 7) is 2.61. The van der Waals surface area contributed by atoms with Gasteiger partial charge in [0.1, 0.15) is 11.1 Å². The van der Waals surface area contributed by atoms with Crippen LogP contribution in [-0.4, -0.2) is 21.4 Å². The summed E-state index contributed by atoms with van der Waals surface area (Å²) in [7, 11) is 0. The Morgan fingerprint density at radius 3 is 3.20 bits per heavy atom. The maximum absolute atomic E-state index is 12.3. The van der Waals surface area contributed by atoms with Gasteiger partial charge in [0, 0.05) is 18.3 Å². The van der Waals surface area contributed by atoms with Gasteiger partial charge in [-0.1, -0.05) is 0 Å². The van der Waals surface area contributed by atoms with Crippen molar-refractivity contribution in [3.8, 4) is 11.8 Å². The van der Waals surface area contributed by atoms with Crippen LogP contribution in [0.2, 0.25) is 0 Å². The van der Waals surface area contributed by atoms with E-state index in [9.17, 15) is 4.79 Å². The fraction of sp³-hybridized carbons (Fsp3) is 0.278. The Morgan fingerprint density at radius 1 is 1.48 bits per heavy atom. The lowest BCUT2D eigenvalue weighted by Crippen LogP contribution is -2.08. The Labute approximate surface area is 143 Å². The summed E-state index contributed by atoms with van der Waals surface area (Å²) in [5.41, 5.74) is 2.49. The molecule has 1 atom stereocenters. The number of ether oxygens (including phenoxy) is 1. The van der Waals surface area contributed by atoms with Crippen molar-refractivity contribution in [2.24, 2.45) is 0 Å². The van der Waals surface area contributed by atoms with Crippen LogP contribution in [-0.2, 0) is 6.42 Å². The van der Waals surface area contributed by atoms with E-state index in [1.807, 2.05) is 25.1 Å². The van der Waals surface area contributed by atoms with Crippen LogP contribution in [0.1, 0.15) is 24.9 Å². The second-order valence-corrected chi connectivity index (χ2v) is 6.12. The topological polar surface area (TPSA) is 95.7 Å². The van der Waals surface area contributed by atoms with Gasteiger partial charge in [-0.15, -0.1) is 0 Å². The molecular weight excluding hydrogens is 318 g/mol. The lowest BCUT2D eigenvalue weighted by Gasteiger charge is -2.09. The molecule has 25 heavy (non-hydrogen) atoms. The Hall–Kier alpha value is -3.27. The quantitative estimate of drug-likeness (QED) is 0.764. The average Bonchev–Trinajstić information content (AvgIpc) is 3.20. The zero-order valence-electron chi connectivity index (χ0n) is 13.7. The van der Waals surface area contributed by atoms with Crippen molar-refractivity contribution < 1.29 is 4.74 Å². The largest absolute Gasteiger partial charge is 0.493 e. The normalized spacial score (nSPS) is 13.9. The van der Waals surface area contributed by atoms with Crippen molar-refractivity contribution in [2.75, 3.05) is 11.9 Å². The van der Waals surface area contributed by atoms with E-state index in [-0.39, 0.29) is 11.6 Å². The minimum absolute atomic E-state index is 0.127. The zero-order chi connectivity index (χ0) is 17.4. The second-order valence-electron chi connectivity index (χ2n) is 6.12. The highest BCUT2D eigenvalue weighted by molar-refractivity contribution is 5.91. The summed E-state index contributed by atoms with van der Waals surface area (Å²) in [6, 6.07) is 9.68. The highest BCUT2D eigenvalue weighted by Gasteiger charge is 2.18. The molecule has 1 aliphatic rings. The SMILES string of the molecule is C[C@H](CC#N)n1nc(Nc2ccc3c(c2)CCO3)c2c(=O)[nH]ccc21. The number of hydrogen-bond acceptors (Lipinski definition) is 5. The van der Waals surface area contributed by atoms with E-state index < -0.39 is 0 Å². The van der Waals surface area contributed by atoms with Crippen LogP contribution >= 0.6 is 0 Å². The van der Waals surface area contributed by atoms with Gasteiger partial charge in [0.05, 0.1) is 30.7 Å². The molecule has 0 unspecified atom stereocenters. The molecule has 3 heterocycles. The molecule has 2 aromatic heterocycles. The summed E-state index contributed by atoms with van der Waals surface area (Å²) >= 11 is 0. The molecule has 0 fully saturated rings. The minimum atomic E-state index is -0.208. The van der Waals surface area contributed by atoms with Crippen LogP contribution in [0.4, 0.5) is 11.5 Å². The van der Waals surface area contributed by atoms with Gasteiger partial charge in [-0.2, -0.15) is 10.4 Å². The first-order valence-corrected chi connectivity index (χ1v) is 8.17. The van der Waals surface area contributed by atoms with Crippen molar-refractivity contribution in [2.45, 2.75) is 25.8 Å². The van der Waals surface area contributed by atoms with Gasteiger partial charge in [0.2, 0.25) is 0 Å². The number of benzene rings is 1. The van der Waals surface area contributed by atoms with Gasteiger partial charge in [0.25, 0.3) is 5.56 Å². The standard InChI is InChI=1S/C18H17N5O2/c1-11(4-7-19)23-14-5-8-20-18(24)16(14)17(22-23)21-13-2-3-15-12(10-13)6-9-25-15/h2-3,5,8,10-11H,4,6,9H2,1H3,(H,20,24)(H,21,22)/t11-/m1/s1. The van der Waals surface area contributed by atoms with Crippen molar-refractivity contribution in [1.29, 1.82) is 5.26 Å². The molecule has 3 aromatic rings. The van der Waals surface area contributed by atoms with Crippen molar-refractivity contribution in [1.82, 2.24) is 14.8 Å². The highest BCUT2D eigenvalue weighted by Crippen LogP contribution is 2.31. The summed E-state index contributed by atoms with van der Waals surface area (Å²) in [4.78, 5) is 15.0. The van der Waals surface area contributed by atoms with E-state index in [0.29, 0.717) is 29.7 Å². The number of pyridine rings is 1. The van der Waals surface area contributed by atoms with Gasteiger partial charge in [0.15, 0.2) is 5.82 Å². The number of H-pyrrole nitrogens is 1. The molecule has 0 aliphatic carbocycles. The molecule has 1 aliphatic heterocycles. The van der Waals surface area contributed by atoms with Crippen LogP contribution in [0, 0.1) is 11.3 Å². The van der Waals surface area contributed by atoms with Crippen LogP contribution in [0.15, 0.2) is 35.3 Å². The molecule has 0 amide bonds. The molecule has 1 aromatic carbocycles. The number of nitriles is 1. The van der Waals surface area contributed by atoms with E-state index >= 15 is 0 Å². The predicted molar refractivity (Wildman–Crippen MR) is 94.2 cm³/mol. The van der Waals surface area contributed by atoms with Crippen LogP contribution < -0.4 is 15.6 Å². The lowest BCUT2D eigenvalue weighted by atomic mass is 10.1. The van der Waals surface area contributed by atoms with E-state index in [0.717, 1.165) is 23.4 Å². The number of nitrogens with zero attached hydrogens (tertiary/aromatic N) is 3. The summed E-state index contributed by atoms with van der Waals surface area (Å²) in [5.74, 6) is 1.39. The van der Waals surface area contributed by atoms with E-state index in [4.69, 9.17) is 10.00 Å². The molecule has 0 bridgehead atoms. The van der Waals surface area contributed by atoms with Gasteiger partial charge in [-0.25, -0.2) is 0 Å². The molecule has 4 rings (SSSR count). The minimum Gasteiger partial charge on any atom is -0.493 e. The summed E-state index contributed by atoms with van der Waals surface area (Å²) < 4.78 is 7.25. The van der Waals surface area contributed by atoms with E-state index in [2.05, 4.69) is 21.5 Å². The number of fused-ring (bicyclic) bond motifs is 2. The Bertz CT molecular complexity index is 1040. The number of nitrogens with one attached hydrogen (secondary N) is 2. The highest BCUT2D eigenvalue weighted by atomic mass is 16.5. The summed E-state index contributed by atoms with van der Waals surface area (Å²) in [6.07, 6.45) is 2.79. The van der Waals surface area contributed by atoms with Gasteiger partial charge in [-0.3, -0.25) is 9.48 Å². The number of rotatable bonds is 4. The zero-order valence-corrected chi connectivity index (χ0v) is 13.7. The molecule has 0 saturated carbocycles. The fourth-order valence-corrected chi connectivity index (χ4v) is 3.14. The van der Waals surface area contributed by atoms with Crippen LogP contribution in [0.5, 0.6) is 5.75 Å². The third-order valence-electron chi connectivity index (χ3n) is 4.39. The molecule has 0 saturated heterocycles. The first-order chi connectivity index (χ1) is 12.2. The molecule has 0 spiro atoms. The van der Waals surface area contributed by atoms with Gasteiger partial charge in [-0.05, 0) is 36.8 Å². The first kappa shape index (κ1) is 15.3. The number of aromatic amines is 1. The van der Waals surface area contributed by atoms with Crippen LogP contribution in [0.3, 0.4) is 0 Å². The first-order valence-electron chi connectivity index (χ1n) is 8.17. The third-order valence-corrected chi connectivity index (χ3v) is 4.39.